The van der Waals surface area contributed by atoms with Gasteiger partial charge >= 0.3 is 6.09 Å². The third-order valence-electron chi connectivity index (χ3n) is 6.91. The zero-order chi connectivity index (χ0) is 26.0. The average Bonchev–Trinajstić information content (AvgIpc) is 2.92. The Hall–Kier alpha value is -3.35. The average molecular weight is 504 g/mol. The van der Waals surface area contributed by atoms with E-state index in [2.05, 4.69) is 56.3 Å². The Morgan fingerprint density at radius 2 is 1.76 bits per heavy atom. The number of nitrogens with zero attached hydrogens (tertiary/aromatic N) is 1. The fourth-order valence-electron chi connectivity index (χ4n) is 4.72. The SMILES string of the molecule is Cc1ccc(C)c(COC2CN(C(=O)O)CCC2c2ccc(OCCCOCc3ccccc3)cc2)c1. The molecule has 0 bridgehead atoms. The molecule has 1 fully saturated rings. The van der Waals surface area contributed by atoms with Crippen molar-refractivity contribution in [2.24, 2.45) is 0 Å². The normalized spacial score (nSPS) is 17.5. The molecule has 3 aromatic rings. The van der Waals surface area contributed by atoms with Gasteiger partial charge in [-0.2, -0.15) is 0 Å². The van der Waals surface area contributed by atoms with Crippen molar-refractivity contribution < 1.29 is 24.1 Å². The number of amides is 1. The maximum absolute atomic E-state index is 11.6. The van der Waals surface area contributed by atoms with E-state index >= 15 is 0 Å². The van der Waals surface area contributed by atoms with E-state index in [-0.39, 0.29) is 12.0 Å². The molecule has 1 N–H and O–H groups in total. The van der Waals surface area contributed by atoms with Crippen molar-refractivity contribution in [3.05, 3.63) is 101 Å². The molecule has 0 saturated carbocycles. The standard InChI is InChI=1S/C31H37NO5/c1-23-9-10-24(2)27(19-23)22-37-30-20-32(31(33)34)16-15-29(30)26-11-13-28(14-12-26)36-18-6-17-35-21-25-7-4-3-5-8-25/h3-5,7-14,19,29-30H,6,15-18,20-22H2,1-2H3,(H,33,34). The highest BCUT2D eigenvalue weighted by atomic mass is 16.5. The van der Waals surface area contributed by atoms with Gasteiger partial charge in [0.25, 0.3) is 0 Å². The van der Waals surface area contributed by atoms with Crippen molar-refractivity contribution in [2.75, 3.05) is 26.3 Å². The molecule has 2 unspecified atom stereocenters. The van der Waals surface area contributed by atoms with Crippen LogP contribution >= 0.6 is 0 Å². The first-order chi connectivity index (χ1) is 18.0. The van der Waals surface area contributed by atoms with Gasteiger partial charge in [0.2, 0.25) is 0 Å². The van der Waals surface area contributed by atoms with Gasteiger partial charge in [0.1, 0.15) is 5.75 Å². The number of hydrogen-bond donors (Lipinski definition) is 1. The Kier molecular flexibility index (Phi) is 9.58. The molecule has 1 amide bonds. The monoisotopic (exact) mass is 503 g/mol. The number of carboxylic acid groups (broad SMARTS) is 1. The van der Waals surface area contributed by atoms with Crippen LogP contribution < -0.4 is 4.74 Å². The van der Waals surface area contributed by atoms with Crippen LogP contribution in [0, 0.1) is 13.8 Å². The van der Waals surface area contributed by atoms with E-state index in [1.54, 1.807) is 0 Å². The van der Waals surface area contributed by atoms with Gasteiger partial charge in [0, 0.05) is 18.9 Å². The second-order valence-electron chi connectivity index (χ2n) is 9.71. The summed E-state index contributed by atoms with van der Waals surface area (Å²) < 4.78 is 18.0. The highest BCUT2D eigenvalue weighted by Gasteiger charge is 2.33. The van der Waals surface area contributed by atoms with Crippen molar-refractivity contribution in [1.29, 1.82) is 0 Å². The number of likely N-dealkylation sites (tertiary alicyclic amines) is 1. The van der Waals surface area contributed by atoms with E-state index in [9.17, 15) is 9.90 Å². The molecule has 1 saturated heterocycles. The molecular formula is C31H37NO5. The molecule has 37 heavy (non-hydrogen) atoms. The highest BCUT2D eigenvalue weighted by Crippen LogP contribution is 2.32. The van der Waals surface area contributed by atoms with Gasteiger partial charge in [-0.15, -0.1) is 0 Å². The van der Waals surface area contributed by atoms with Gasteiger partial charge in [-0.3, -0.25) is 0 Å². The van der Waals surface area contributed by atoms with Crippen LogP contribution in [0.15, 0.2) is 72.8 Å². The second-order valence-corrected chi connectivity index (χ2v) is 9.71. The van der Waals surface area contributed by atoms with E-state index in [4.69, 9.17) is 14.2 Å². The molecule has 0 aliphatic carbocycles. The highest BCUT2D eigenvalue weighted by molar-refractivity contribution is 5.65. The van der Waals surface area contributed by atoms with Gasteiger partial charge in [-0.25, -0.2) is 4.79 Å². The summed E-state index contributed by atoms with van der Waals surface area (Å²) >= 11 is 0. The minimum Gasteiger partial charge on any atom is -0.494 e. The minimum atomic E-state index is -0.893. The van der Waals surface area contributed by atoms with Crippen molar-refractivity contribution in [3.63, 3.8) is 0 Å². The first-order valence-corrected chi connectivity index (χ1v) is 13.0. The topological polar surface area (TPSA) is 68.2 Å². The molecule has 4 rings (SSSR count). The molecule has 0 aromatic heterocycles. The lowest BCUT2D eigenvalue weighted by Gasteiger charge is -2.37. The Labute approximate surface area is 219 Å². The molecule has 1 aliphatic rings. The van der Waals surface area contributed by atoms with E-state index in [1.807, 2.05) is 30.3 Å². The Balaban J connectivity index is 1.29. The molecular weight excluding hydrogens is 466 g/mol. The summed E-state index contributed by atoms with van der Waals surface area (Å²) in [5.74, 6) is 0.948. The Morgan fingerprint density at radius 3 is 2.51 bits per heavy atom. The van der Waals surface area contributed by atoms with E-state index in [0.717, 1.165) is 29.7 Å². The Morgan fingerprint density at radius 1 is 0.973 bits per heavy atom. The number of rotatable bonds is 11. The van der Waals surface area contributed by atoms with Crippen LogP contribution in [0.3, 0.4) is 0 Å². The first kappa shape index (κ1) is 26.7. The van der Waals surface area contributed by atoms with E-state index < -0.39 is 6.09 Å². The van der Waals surface area contributed by atoms with Crippen LogP contribution in [-0.4, -0.2) is 48.5 Å². The summed E-state index contributed by atoms with van der Waals surface area (Å²) in [6.45, 7) is 7.34. The fourth-order valence-corrected chi connectivity index (χ4v) is 4.72. The number of carbonyl (C=O) groups is 1. The first-order valence-electron chi connectivity index (χ1n) is 13.0. The van der Waals surface area contributed by atoms with Crippen LogP contribution in [0.1, 0.15) is 46.6 Å². The predicted molar refractivity (Wildman–Crippen MR) is 144 cm³/mol. The van der Waals surface area contributed by atoms with Crippen LogP contribution in [0.5, 0.6) is 5.75 Å². The number of hydrogen-bond acceptors (Lipinski definition) is 4. The van der Waals surface area contributed by atoms with Crippen molar-refractivity contribution in [1.82, 2.24) is 4.90 Å². The van der Waals surface area contributed by atoms with Crippen molar-refractivity contribution >= 4 is 6.09 Å². The van der Waals surface area contributed by atoms with Crippen LogP contribution in [0.2, 0.25) is 0 Å². The Bertz CT molecular complexity index is 1130. The third kappa shape index (κ3) is 7.81. The number of piperidine rings is 1. The smallest absolute Gasteiger partial charge is 0.407 e. The summed E-state index contributed by atoms with van der Waals surface area (Å²) in [5, 5.41) is 9.55. The van der Waals surface area contributed by atoms with Gasteiger partial charge < -0.3 is 24.2 Å². The molecule has 0 radical (unpaired) electrons. The quantitative estimate of drug-likeness (QED) is 0.309. The molecule has 2 atom stereocenters. The van der Waals surface area contributed by atoms with E-state index in [0.29, 0.717) is 39.5 Å². The predicted octanol–water partition coefficient (Wildman–Crippen LogP) is 6.34. The molecule has 196 valence electrons. The van der Waals surface area contributed by atoms with Crippen molar-refractivity contribution in [2.45, 2.75) is 51.9 Å². The van der Waals surface area contributed by atoms with E-state index in [1.165, 1.54) is 21.6 Å². The molecule has 0 spiro atoms. The maximum Gasteiger partial charge on any atom is 0.407 e. The maximum atomic E-state index is 11.6. The summed E-state index contributed by atoms with van der Waals surface area (Å²) in [7, 11) is 0. The van der Waals surface area contributed by atoms with Crippen LogP contribution in [0.25, 0.3) is 0 Å². The molecule has 1 aliphatic heterocycles. The summed E-state index contributed by atoms with van der Waals surface area (Å²) in [4.78, 5) is 13.1. The zero-order valence-electron chi connectivity index (χ0n) is 21.8. The molecule has 6 nitrogen and oxygen atoms in total. The fraction of sp³-hybridized carbons (Fsp3) is 0.387. The van der Waals surface area contributed by atoms with Gasteiger partial charge in [0.05, 0.1) is 39.1 Å². The summed E-state index contributed by atoms with van der Waals surface area (Å²) in [6, 6.07) is 24.6. The zero-order valence-corrected chi connectivity index (χ0v) is 21.8. The van der Waals surface area contributed by atoms with Gasteiger partial charge in [-0.05, 0) is 54.7 Å². The number of benzene rings is 3. The van der Waals surface area contributed by atoms with Crippen LogP contribution in [0.4, 0.5) is 4.79 Å². The lowest BCUT2D eigenvalue weighted by molar-refractivity contribution is -0.0201. The molecule has 1 heterocycles. The summed E-state index contributed by atoms with van der Waals surface area (Å²) in [6.07, 6.45) is 0.438. The third-order valence-corrected chi connectivity index (χ3v) is 6.91. The summed E-state index contributed by atoms with van der Waals surface area (Å²) in [5.41, 5.74) is 5.83. The lowest BCUT2D eigenvalue weighted by Crippen LogP contribution is -2.46. The molecule has 6 heteroatoms. The second kappa shape index (κ2) is 13.3. The largest absolute Gasteiger partial charge is 0.494 e. The minimum absolute atomic E-state index is 0.126. The van der Waals surface area contributed by atoms with Gasteiger partial charge in [-0.1, -0.05) is 66.2 Å². The number of ether oxygens (including phenoxy) is 3. The van der Waals surface area contributed by atoms with Gasteiger partial charge in [0.15, 0.2) is 0 Å². The van der Waals surface area contributed by atoms with Crippen LogP contribution in [-0.2, 0) is 22.7 Å². The molecule has 3 aromatic carbocycles. The van der Waals surface area contributed by atoms with Crippen molar-refractivity contribution in [3.8, 4) is 5.75 Å². The number of aryl methyl sites for hydroxylation is 2. The lowest BCUT2D eigenvalue weighted by atomic mass is 9.87.